The molecule has 5 nitrogen and oxygen atoms in total. The summed E-state index contributed by atoms with van der Waals surface area (Å²) in [5.74, 6) is 0.293. The van der Waals surface area contributed by atoms with Crippen LogP contribution in [0.5, 0.6) is 0 Å². The van der Waals surface area contributed by atoms with Crippen molar-refractivity contribution in [2.75, 3.05) is 46.9 Å². The van der Waals surface area contributed by atoms with Gasteiger partial charge in [0.2, 0.25) is 0 Å². The molecular weight excluding hydrogens is 364 g/mol. The van der Waals surface area contributed by atoms with Crippen LogP contribution in [0.1, 0.15) is 18.6 Å². The van der Waals surface area contributed by atoms with Crippen molar-refractivity contribution in [3.8, 4) is 0 Å². The van der Waals surface area contributed by atoms with Crippen molar-refractivity contribution in [1.82, 2.24) is 15.1 Å². The third kappa shape index (κ3) is 5.80. The van der Waals surface area contributed by atoms with Gasteiger partial charge in [0.15, 0.2) is 5.96 Å². The van der Waals surface area contributed by atoms with E-state index in [9.17, 15) is 17.6 Å². The Morgan fingerprint density at radius 3 is 2.26 bits per heavy atom. The number of alkyl halides is 3. The van der Waals surface area contributed by atoms with Crippen LogP contribution in [0.3, 0.4) is 0 Å². The molecular formula is C18H26F4N4O. The molecule has 1 heterocycles. The predicted octanol–water partition coefficient (Wildman–Crippen LogP) is 2.66. The average Bonchev–Trinajstić information content (AvgIpc) is 2.65. The van der Waals surface area contributed by atoms with Gasteiger partial charge in [0.25, 0.3) is 0 Å². The lowest BCUT2D eigenvalue weighted by Gasteiger charge is -2.39. The summed E-state index contributed by atoms with van der Waals surface area (Å²) in [5.41, 5.74) is 0.825. The number of nitrogens with one attached hydrogen (secondary N) is 1. The zero-order chi connectivity index (χ0) is 20.0. The molecule has 27 heavy (non-hydrogen) atoms. The Hall–Kier alpha value is -1.87. The summed E-state index contributed by atoms with van der Waals surface area (Å²) in [6.07, 6.45) is -4.52. The van der Waals surface area contributed by atoms with Crippen molar-refractivity contribution < 1.29 is 22.3 Å². The van der Waals surface area contributed by atoms with Gasteiger partial charge >= 0.3 is 6.18 Å². The molecule has 1 aromatic rings. The van der Waals surface area contributed by atoms with Gasteiger partial charge in [-0.15, -0.1) is 0 Å². The number of hydrogen-bond acceptors (Lipinski definition) is 3. The van der Waals surface area contributed by atoms with Gasteiger partial charge in [0, 0.05) is 46.9 Å². The average molecular weight is 390 g/mol. The van der Waals surface area contributed by atoms with E-state index >= 15 is 0 Å². The van der Waals surface area contributed by atoms with E-state index in [1.807, 2.05) is 4.90 Å². The smallest absolute Gasteiger partial charge is 0.375 e. The summed E-state index contributed by atoms with van der Waals surface area (Å²) in [7, 11) is 3.20. The van der Waals surface area contributed by atoms with Crippen LogP contribution in [0, 0.1) is 5.82 Å². The molecule has 152 valence electrons. The van der Waals surface area contributed by atoms with Crippen molar-refractivity contribution >= 4 is 5.96 Å². The first-order valence-corrected chi connectivity index (χ1v) is 8.81. The second-order valence-corrected chi connectivity index (χ2v) is 6.44. The number of rotatable bonds is 5. The first-order chi connectivity index (χ1) is 12.8. The van der Waals surface area contributed by atoms with E-state index in [4.69, 9.17) is 4.74 Å². The molecule has 2 unspecified atom stereocenters. The van der Waals surface area contributed by atoms with Gasteiger partial charge in [-0.2, -0.15) is 13.2 Å². The fourth-order valence-corrected chi connectivity index (χ4v) is 3.06. The van der Waals surface area contributed by atoms with Crippen molar-refractivity contribution in [2.45, 2.75) is 25.2 Å². The van der Waals surface area contributed by atoms with Crippen molar-refractivity contribution in [2.24, 2.45) is 4.99 Å². The highest BCUT2D eigenvalue weighted by atomic mass is 19.4. The van der Waals surface area contributed by atoms with Crippen LogP contribution in [0.2, 0.25) is 0 Å². The Labute approximate surface area is 157 Å². The predicted molar refractivity (Wildman–Crippen MR) is 96.2 cm³/mol. The van der Waals surface area contributed by atoms with E-state index in [1.165, 1.54) is 24.0 Å². The molecule has 0 bridgehead atoms. The third-order valence-corrected chi connectivity index (χ3v) is 4.82. The number of nitrogens with zero attached hydrogens (tertiary/aromatic N) is 3. The first-order valence-electron chi connectivity index (χ1n) is 8.81. The molecule has 0 aromatic heterocycles. The fraction of sp³-hybridized carbons (Fsp3) is 0.611. The minimum atomic E-state index is -4.22. The molecule has 1 aliphatic heterocycles. The highest BCUT2D eigenvalue weighted by Crippen LogP contribution is 2.25. The molecule has 0 saturated carbocycles. The SMILES string of the molecule is CN=C(NCC(OC)c1ccc(F)cc1)N1CCN(C(C)C(F)(F)F)CC1. The zero-order valence-corrected chi connectivity index (χ0v) is 15.8. The normalized spacial score (nSPS) is 19.1. The lowest BCUT2D eigenvalue weighted by molar-refractivity contribution is -0.181. The van der Waals surface area contributed by atoms with E-state index < -0.39 is 12.2 Å². The summed E-state index contributed by atoms with van der Waals surface area (Å²) in [5, 5.41) is 3.19. The molecule has 0 spiro atoms. The monoisotopic (exact) mass is 390 g/mol. The molecule has 0 aliphatic carbocycles. The molecule has 2 rings (SSSR count). The summed E-state index contributed by atoms with van der Waals surface area (Å²) >= 11 is 0. The van der Waals surface area contributed by atoms with Crippen LogP contribution in [0.15, 0.2) is 29.3 Å². The largest absolute Gasteiger partial charge is 0.403 e. The van der Waals surface area contributed by atoms with Crippen molar-refractivity contribution in [3.05, 3.63) is 35.6 Å². The zero-order valence-electron chi connectivity index (χ0n) is 15.8. The minimum absolute atomic E-state index is 0.297. The van der Waals surface area contributed by atoms with E-state index in [-0.39, 0.29) is 11.9 Å². The van der Waals surface area contributed by atoms with Crippen LogP contribution < -0.4 is 5.32 Å². The summed E-state index contributed by atoms with van der Waals surface area (Å²) in [4.78, 5) is 7.58. The van der Waals surface area contributed by atoms with Gasteiger partial charge in [-0.1, -0.05) is 12.1 Å². The maximum absolute atomic E-state index is 13.1. The second-order valence-electron chi connectivity index (χ2n) is 6.44. The van der Waals surface area contributed by atoms with E-state index in [0.717, 1.165) is 5.56 Å². The Balaban J connectivity index is 1.89. The molecule has 1 saturated heterocycles. The maximum Gasteiger partial charge on any atom is 0.403 e. The van der Waals surface area contributed by atoms with Crippen LogP contribution in [-0.2, 0) is 4.74 Å². The number of ether oxygens (including phenoxy) is 1. The number of aliphatic imine (C=N–C) groups is 1. The Morgan fingerprint density at radius 2 is 1.78 bits per heavy atom. The lowest BCUT2D eigenvalue weighted by Crippen LogP contribution is -2.57. The molecule has 0 amide bonds. The topological polar surface area (TPSA) is 40.1 Å². The Bertz CT molecular complexity index is 613. The van der Waals surface area contributed by atoms with Crippen LogP contribution in [0.25, 0.3) is 0 Å². The van der Waals surface area contributed by atoms with Crippen molar-refractivity contribution in [1.29, 1.82) is 0 Å². The van der Waals surface area contributed by atoms with Crippen molar-refractivity contribution in [3.63, 3.8) is 0 Å². The summed E-state index contributed by atoms with van der Waals surface area (Å²) < 4.78 is 57.1. The Kier molecular flexibility index (Phi) is 7.43. The van der Waals surface area contributed by atoms with Crippen LogP contribution in [-0.4, -0.2) is 74.9 Å². The first kappa shape index (κ1) is 21.4. The molecule has 9 heteroatoms. The standard InChI is InChI=1S/C18H26F4N4O/c1-13(18(20,21)22)25-8-10-26(11-9-25)17(23-2)24-12-16(27-3)14-4-6-15(19)7-5-14/h4-7,13,16H,8-12H2,1-3H3,(H,23,24). The van der Waals surface area contributed by atoms with E-state index in [0.29, 0.717) is 38.7 Å². The number of hydrogen-bond donors (Lipinski definition) is 1. The van der Waals surface area contributed by atoms with Crippen LogP contribution in [0.4, 0.5) is 17.6 Å². The highest BCUT2D eigenvalue weighted by Gasteiger charge is 2.41. The molecule has 1 aromatic carbocycles. The maximum atomic E-state index is 13.1. The number of guanidine groups is 1. The van der Waals surface area contributed by atoms with Gasteiger partial charge in [-0.25, -0.2) is 4.39 Å². The van der Waals surface area contributed by atoms with Gasteiger partial charge in [-0.3, -0.25) is 9.89 Å². The second kappa shape index (κ2) is 9.36. The fourth-order valence-electron chi connectivity index (χ4n) is 3.06. The summed E-state index contributed by atoms with van der Waals surface area (Å²) in [6.45, 7) is 3.13. The summed E-state index contributed by atoms with van der Waals surface area (Å²) in [6, 6.07) is 4.61. The minimum Gasteiger partial charge on any atom is -0.375 e. The van der Waals surface area contributed by atoms with Gasteiger partial charge < -0.3 is 15.0 Å². The molecule has 1 aliphatic rings. The van der Waals surface area contributed by atoms with Crippen LogP contribution >= 0.6 is 0 Å². The molecule has 0 radical (unpaired) electrons. The number of halogens is 4. The van der Waals surface area contributed by atoms with E-state index in [2.05, 4.69) is 10.3 Å². The quantitative estimate of drug-likeness (QED) is 0.477. The van der Waals surface area contributed by atoms with E-state index in [1.54, 1.807) is 26.3 Å². The highest BCUT2D eigenvalue weighted by molar-refractivity contribution is 5.80. The number of methoxy groups -OCH3 is 1. The van der Waals surface area contributed by atoms with Gasteiger partial charge in [-0.05, 0) is 24.6 Å². The Morgan fingerprint density at radius 1 is 1.19 bits per heavy atom. The molecule has 1 fully saturated rings. The lowest BCUT2D eigenvalue weighted by atomic mass is 10.1. The third-order valence-electron chi connectivity index (χ3n) is 4.82. The number of piperazine rings is 1. The molecule has 1 N–H and O–H groups in total. The van der Waals surface area contributed by atoms with Gasteiger partial charge in [0.05, 0.1) is 6.10 Å². The van der Waals surface area contributed by atoms with Gasteiger partial charge in [0.1, 0.15) is 11.9 Å². The molecule has 2 atom stereocenters. The number of benzene rings is 1.